The van der Waals surface area contributed by atoms with E-state index in [1.165, 1.54) is 0 Å². The van der Waals surface area contributed by atoms with Gasteiger partial charge in [0.25, 0.3) is 0 Å². The van der Waals surface area contributed by atoms with Gasteiger partial charge in [-0.2, -0.15) is 0 Å². The van der Waals surface area contributed by atoms with E-state index in [0.717, 1.165) is 10.2 Å². The van der Waals surface area contributed by atoms with Crippen molar-refractivity contribution in [1.29, 1.82) is 0 Å². The average molecular weight is 395 g/mol. The Morgan fingerprint density at radius 3 is 2.00 bits per heavy atom. The van der Waals surface area contributed by atoms with Crippen LogP contribution in [0.25, 0.3) is 10.8 Å². The summed E-state index contributed by atoms with van der Waals surface area (Å²) in [5.41, 5.74) is 0. The maximum atomic E-state index is 12.8. The van der Waals surface area contributed by atoms with Crippen molar-refractivity contribution in [3.63, 3.8) is 0 Å². The lowest BCUT2D eigenvalue weighted by Crippen LogP contribution is -1.97. The highest BCUT2D eigenvalue weighted by atomic mass is 79.9. The highest BCUT2D eigenvalue weighted by molar-refractivity contribution is 9.50. The Bertz CT molecular complexity index is 866. The summed E-state index contributed by atoms with van der Waals surface area (Å²) < 4.78 is 12.8. The molecule has 22 heavy (non-hydrogen) atoms. The molecule has 1 atom stereocenters. The molecular weight excluding hydrogens is 384 g/mol. The van der Waals surface area contributed by atoms with Gasteiger partial charge < -0.3 is 10.2 Å². The van der Waals surface area contributed by atoms with Gasteiger partial charge >= 0.3 is 0 Å². The zero-order chi connectivity index (χ0) is 15.7. The summed E-state index contributed by atoms with van der Waals surface area (Å²) in [5, 5.41) is 22.0. The van der Waals surface area contributed by atoms with Crippen molar-refractivity contribution in [3.8, 4) is 11.5 Å². The Morgan fingerprint density at radius 2 is 1.41 bits per heavy atom. The number of phenols is 2. The molecule has 1 unspecified atom stereocenters. The van der Waals surface area contributed by atoms with E-state index in [1.807, 2.05) is 6.07 Å². The number of rotatable bonds is 3. The molecule has 0 aromatic heterocycles. The molecule has 0 aliphatic heterocycles. The first-order valence-corrected chi connectivity index (χ1v) is 10.2. The fourth-order valence-corrected chi connectivity index (χ4v) is 5.42. The summed E-state index contributed by atoms with van der Waals surface area (Å²) in [7, 11) is -0.513. The highest BCUT2D eigenvalue weighted by Gasteiger charge is 2.24. The van der Waals surface area contributed by atoms with Crippen LogP contribution in [0.3, 0.4) is 0 Å². The van der Waals surface area contributed by atoms with Gasteiger partial charge in [-0.3, -0.25) is 0 Å². The van der Waals surface area contributed by atoms with Gasteiger partial charge in [0.2, 0.25) is 0 Å². The summed E-state index contributed by atoms with van der Waals surface area (Å²) in [6, 6.07) is 15.8. The van der Waals surface area contributed by atoms with Gasteiger partial charge in [0, 0.05) is 15.7 Å². The van der Waals surface area contributed by atoms with Crippen LogP contribution in [-0.4, -0.2) is 14.4 Å². The van der Waals surface area contributed by atoms with Crippen molar-refractivity contribution in [2.75, 3.05) is 0 Å². The van der Waals surface area contributed by atoms with Crippen molar-refractivity contribution in [3.05, 3.63) is 54.6 Å². The molecule has 0 bridgehead atoms. The van der Waals surface area contributed by atoms with Crippen molar-refractivity contribution in [1.82, 2.24) is 0 Å². The SMILES string of the molecule is O=S(c1ccccc1)c1c(SBr)c(O)c2ccccc2c1O. The first kappa shape index (κ1) is 15.4. The summed E-state index contributed by atoms with van der Waals surface area (Å²) in [6.45, 7) is 0. The van der Waals surface area contributed by atoms with Gasteiger partial charge in [0.05, 0.1) is 15.7 Å². The number of phenolic OH excluding ortho intramolecular Hbond substituents is 2. The molecule has 0 fully saturated rings. The summed E-state index contributed by atoms with van der Waals surface area (Å²) in [5.74, 6) is -0.0629. The molecule has 0 spiro atoms. The lowest BCUT2D eigenvalue weighted by Gasteiger charge is -2.14. The van der Waals surface area contributed by atoms with Crippen LogP contribution in [0.1, 0.15) is 0 Å². The lowest BCUT2D eigenvalue weighted by atomic mass is 10.1. The van der Waals surface area contributed by atoms with Crippen LogP contribution in [0.15, 0.2) is 69.3 Å². The molecule has 3 nitrogen and oxygen atoms in total. The third-order valence-electron chi connectivity index (χ3n) is 3.29. The van der Waals surface area contributed by atoms with E-state index in [4.69, 9.17) is 0 Å². The molecular formula is C16H11BrO3S2. The second-order valence-corrected chi connectivity index (χ2v) is 7.51. The Kier molecular flexibility index (Phi) is 4.42. The minimum Gasteiger partial charge on any atom is -0.506 e. The number of benzene rings is 3. The number of fused-ring (bicyclic) bond motifs is 1. The first-order chi connectivity index (χ1) is 10.6. The van der Waals surface area contributed by atoms with E-state index < -0.39 is 10.8 Å². The largest absolute Gasteiger partial charge is 0.506 e. The van der Waals surface area contributed by atoms with Gasteiger partial charge in [-0.05, 0) is 37.1 Å². The smallest absolute Gasteiger partial charge is 0.141 e. The van der Waals surface area contributed by atoms with E-state index in [2.05, 4.69) is 14.8 Å². The van der Waals surface area contributed by atoms with Crippen LogP contribution < -0.4 is 0 Å². The molecule has 3 rings (SSSR count). The van der Waals surface area contributed by atoms with E-state index in [0.29, 0.717) is 20.6 Å². The van der Waals surface area contributed by atoms with Crippen molar-refractivity contribution >= 4 is 46.6 Å². The normalized spacial score (nSPS) is 12.4. The third-order valence-corrected chi connectivity index (χ3v) is 6.41. The van der Waals surface area contributed by atoms with Crippen LogP contribution >= 0.6 is 25.0 Å². The van der Waals surface area contributed by atoms with Crippen LogP contribution in [-0.2, 0) is 10.8 Å². The standard InChI is InChI=1S/C16H11BrO3S2/c17-21-15-13(18)11-8-4-5-9-12(11)14(19)16(15)22(20)10-6-2-1-3-7-10/h1-9,18-19H. The maximum absolute atomic E-state index is 12.8. The minimum absolute atomic E-state index is 0.00885. The Labute approximate surface area is 141 Å². The van der Waals surface area contributed by atoms with E-state index >= 15 is 0 Å². The highest BCUT2D eigenvalue weighted by Crippen LogP contribution is 2.48. The van der Waals surface area contributed by atoms with Gasteiger partial charge in [0.15, 0.2) is 0 Å². The predicted octanol–water partition coefficient (Wildman–Crippen LogP) is 4.82. The Morgan fingerprint density at radius 1 is 0.864 bits per heavy atom. The number of halogens is 1. The first-order valence-electron chi connectivity index (χ1n) is 6.37. The third kappa shape index (κ3) is 2.51. The van der Waals surface area contributed by atoms with Gasteiger partial charge in [-0.15, -0.1) is 0 Å². The number of aromatic hydroxyl groups is 2. The van der Waals surface area contributed by atoms with Crippen molar-refractivity contribution in [2.24, 2.45) is 0 Å². The second-order valence-electron chi connectivity index (χ2n) is 4.56. The molecule has 0 heterocycles. The van der Waals surface area contributed by atoms with E-state index in [1.54, 1.807) is 48.5 Å². The lowest BCUT2D eigenvalue weighted by molar-refractivity contribution is 0.444. The maximum Gasteiger partial charge on any atom is 0.141 e. The van der Waals surface area contributed by atoms with E-state index in [-0.39, 0.29) is 16.4 Å². The zero-order valence-corrected chi connectivity index (χ0v) is 14.4. The number of hydrogen-bond acceptors (Lipinski definition) is 4. The molecule has 0 aliphatic rings. The molecule has 2 N–H and O–H groups in total. The molecule has 6 heteroatoms. The molecule has 0 amide bonds. The van der Waals surface area contributed by atoms with Crippen LogP contribution in [0.5, 0.6) is 11.5 Å². The van der Waals surface area contributed by atoms with Crippen LogP contribution in [0.4, 0.5) is 0 Å². The quantitative estimate of drug-likeness (QED) is 0.625. The molecule has 112 valence electrons. The predicted molar refractivity (Wildman–Crippen MR) is 93.2 cm³/mol. The zero-order valence-electron chi connectivity index (χ0n) is 11.2. The molecule has 0 radical (unpaired) electrons. The van der Waals surface area contributed by atoms with Gasteiger partial charge in [0.1, 0.15) is 16.4 Å². The monoisotopic (exact) mass is 394 g/mol. The van der Waals surface area contributed by atoms with Crippen LogP contribution in [0, 0.1) is 0 Å². The van der Waals surface area contributed by atoms with Crippen LogP contribution in [0.2, 0.25) is 0 Å². The molecule has 3 aromatic rings. The fraction of sp³-hybridized carbons (Fsp3) is 0. The molecule has 0 aliphatic carbocycles. The summed E-state index contributed by atoms with van der Waals surface area (Å²) in [4.78, 5) is 1.14. The number of hydrogen-bond donors (Lipinski definition) is 2. The minimum atomic E-state index is -1.60. The van der Waals surface area contributed by atoms with Gasteiger partial charge in [-0.25, -0.2) is 4.21 Å². The van der Waals surface area contributed by atoms with Crippen molar-refractivity contribution in [2.45, 2.75) is 14.7 Å². The summed E-state index contributed by atoms with van der Waals surface area (Å²) >= 11 is 3.23. The van der Waals surface area contributed by atoms with Gasteiger partial charge in [-0.1, -0.05) is 42.5 Å². The summed E-state index contributed by atoms with van der Waals surface area (Å²) in [6.07, 6.45) is 0. The molecule has 0 saturated heterocycles. The molecule has 3 aromatic carbocycles. The van der Waals surface area contributed by atoms with Crippen molar-refractivity contribution < 1.29 is 14.4 Å². The Hall–Kier alpha value is -1.50. The Balaban J connectivity index is 2.34. The average Bonchev–Trinajstić information content (AvgIpc) is 2.58. The topological polar surface area (TPSA) is 57.5 Å². The molecule has 0 saturated carbocycles. The fourth-order valence-electron chi connectivity index (χ4n) is 2.26. The van der Waals surface area contributed by atoms with E-state index in [9.17, 15) is 14.4 Å². The second kappa shape index (κ2) is 6.32.